The molecule has 0 aliphatic carbocycles. The molecule has 0 bridgehead atoms. The molecule has 0 amide bonds. The van der Waals surface area contributed by atoms with Gasteiger partial charge in [-0.3, -0.25) is 15.0 Å². The van der Waals surface area contributed by atoms with Crippen molar-refractivity contribution in [1.29, 1.82) is 0 Å². The number of ether oxygens (including phenoxy) is 1. The number of non-ortho nitro benzene ring substituents is 1. The molecule has 9 heteroatoms. The van der Waals surface area contributed by atoms with Crippen LogP contribution in [0.25, 0.3) is 0 Å². The second-order valence-corrected chi connectivity index (χ2v) is 6.96. The summed E-state index contributed by atoms with van der Waals surface area (Å²) in [7, 11) is 0. The summed E-state index contributed by atoms with van der Waals surface area (Å²) in [5.41, 5.74) is 0.271. The number of thiocarbonyl (C=S) groups is 1. The van der Waals surface area contributed by atoms with Crippen LogP contribution in [0.1, 0.15) is 13.8 Å². The van der Waals surface area contributed by atoms with Crippen molar-refractivity contribution in [3.05, 3.63) is 33.3 Å². The van der Waals surface area contributed by atoms with Gasteiger partial charge in [-0.05, 0) is 32.1 Å². The number of nitro groups is 1. The van der Waals surface area contributed by atoms with Crippen LogP contribution in [-0.4, -0.2) is 53.3 Å². The third-order valence-electron chi connectivity index (χ3n) is 3.96. The van der Waals surface area contributed by atoms with E-state index in [4.69, 9.17) is 28.6 Å². The fourth-order valence-electron chi connectivity index (χ4n) is 2.47. The normalized spacial score (nSPS) is 15.8. The zero-order chi connectivity index (χ0) is 17.7. The minimum absolute atomic E-state index is 0.0432. The Morgan fingerprint density at radius 3 is 2.75 bits per heavy atom. The molecule has 1 aromatic rings. The first-order valence-corrected chi connectivity index (χ1v) is 8.40. The van der Waals surface area contributed by atoms with Crippen LogP contribution in [0.15, 0.2) is 18.2 Å². The number of nitrogens with zero attached hydrogens (tertiary/aromatic N) is 2. The standard InChI is InChI=1S/C15H21ClN4O3S/c1-15(2,19-5-7-23-8-6-19)10-17-14(24)18-13-9-11(20(21)22)3-4-12(13)16/h3-4,9H,5-8,10H2,1-2H3,(H2,17,18,24). The van der Waals surface area contributed by atoms with E-state index in [9.17, 15) is 10.1 Å². The van der Waals surface area contributed by atoms with E-state index in [1.807, 2.05) is 0 Å². The number of benzene rings is 1. The number of nitro benzene ring substituents is 1. The maximum absolute atomic E-state index is 10.9. The molecule has 0 radical (unpaired) electrons. The van der Waals surface area contributed by atoms with Gasteiger partial charge in [-0.15, -0.1) is 0 Å². The molecule has 24 heavy (non-hydrogen) atoms. The molecule has 1 aromatic carbocycles. The van der Waals surface area contributed by atoms with Crippen molar-refractivity contribution in [3.8, 4) is 0 Å². The van der Waals surface area contributed by atoms with E-state index < -0.39 is 4.92 Å². The van der Waals surface area contributed by atoms with E-state index in [2.05, 4.69) is 29.4 Å². The lowest BCUT2D eigenvalue weighted by Gasteiger charge is -2.41. The molecule has 132 valence electrons. The Bertz CT molecular complexity index is 621. The Morgan fingerprint density at radius 1 is 1.46 bits per heavy atom. The molecule has 1 aliphatic heterocycles. The van der Waals surface area contributed by atoms with Crippen molar-refractivity contribution in [1.82, 2.24) is 10.2 Å². The third-order valence-corrected chi connectivity index (χ3v) is 4.53. The van der Waals surface area contributed by atoms with Gasteiger partial charge in [0, 0.05) is 37.3 Å². The number of nitrogens with one attached hydrogen (secondary N) is 2. The van der Waals surface area contributed by atoms with Gasteiger partial charge in [-0.25, -0.2) is 0 Å². The number of halogens is 1. The van der Waals surface area contributed by atoms with Gasteiger partial charge >= 0.3 is 0 Å². The average molecular weight is 373 g/mol. The summed E-state index contributed by atoms with van der Waals surface area (Å²) in [5, 5.41) is 17.7. The number of rotatable bonds is 5. The smallest absolute Gasteiger partial charge is 0.271 e. The van der Waals surface area contributed by atoms with E-state index in [0.717, 1.165) is 26.3 Å². The number of hydrogen-bond acceptors (Lipinski definition) is 5. The van der Waals surface area contributed by atoms with E-state index in [0.29, 0.717) is 22.4 Å². The monoisotopic (exact) mass is 372 g/mol. The summed E-state index contributed by atoms with van der Waals surface area (Å²) in [6.07, 6.45) is 0. The Morgan fingerprint density at radius 2 is 2.12 bits per heavy atom. The molecule has 0 spiro atoms. The van der Waals surface area contributed by atoms with Gasteiger partial charge in [0.2, 0.25) is 0 Å². The van der Waals surface area contributed by atoms with Crippen LogP contribution < -0.4 is 10.6 Å². The van der Waals surface area contributed by atoms with Crippen LogP contribution in [0.3, 0.4) is 0 Å². The molecule has 1 aliphatic rings. The second kappa shape index (κ2) is 8.06. The van der Waals surface area contributed by atoms with Crippen LogP contribution in [0.5, 0.6) is 0 Å². The highest BCUT2D eigenvalue weighted by Gasteiger charge is 2.28. The molecule has 0 unspecified atom stereocenters. The molecule has 1 fully saturated rings. The van der Waals surface area contributed by atoms with Crippen LogP contribution in [0.2, 0.25) is 5.02 Å². The maximum atomic E-state index is 10.9. The SMILES string of the molecule is CC(C)(CNC(=S)Nc1cc([N+](=O)[O-])ccc1Cl)N1CCOCC1. The first-order chi connectivity index (χ1) is 11.3. The predicted molar refractivity (Wildman–Crippen MR) is 98.8 cm³/mol. The quantitative estimate of drug-likeness (QED) is 0.467. The molecule has 2 rings (SSSR count). The Balaban J connectivity index is 1.93. The minimum atomic E-state index is -0.473. The lowest BCUT2D eigenvalue weighted by Crippen LogP contribution is -2.55. The van der Waals surface area contributed by atoms with Crippen LogP contribution in [0, 0.1) is 10.1 Å². The Labute approximate surface area is 151 Å². The van der Waals surface area contributed by atoms with Gasteiger partial charge in [0.15, 0.2) is 5.11 Å². The molecule has 1 saturated heterocycles. The average Bonchev–Trinajstić information content (AvgIpc) is 2.56. The highest BCUT2D eigenvalue weighted by molar-refractivity contribution is 7.80. The summed E-state index contributed by atoms with van der Waals surface area (Å²) in [4.78, 5) is 12.7. The highest BCUT2D eigenvalue weighted by atomic mass is 35.5. The van der Waals surface area contributed by atoms with Crippen LogP contribution in [0.4, 0.5) is 11.4 Å². The molecule has 1 heterocycles. The zero-order valence-electron chi connectivity index (χ0n) is 13.7. The predicted octanol–water partition coefficient (Wildman–Crippen LogP) is 2.65. The van der Waals surface area contributed by atoms with Crippen molar-refractivity contribution < 1.29 is 9.66 Å². The van der Waals surface area contributed by atoms with Crippen molar-refractivity contribution in [2.75, 3.05) is 38.2 Å². The molecule has 7 nitrogen and oxygen atoms in total. The molecule has 0 aromatic heterocycles. The van der Waals surface area contributed by atoms with Gasteiger partial charge in [-0.2, -0.15) is 0 Å². The summed E-state index contributed by atoms with van der Waals surface area (Å²) in [6, 6.07) is 4.19. The molecular weight excluding hydrogens is 352 g/mol. The van der Waals surface area contributed by atoms with Crippen LogP contribution in [-0.2, 0) is 4.74 Å². The van der Waals surface area contributed by atoms with E-state index in [-0.39, 0.29) is 11.2 Å². The largest absolute Gasteiger partial charge is 0.379 e. The first-order valence-electron chi connectivity index (χ1n) is 7.61. The first kappa shape index (κ1) is 18.9. The van der Waals surface area contributed by atoms with Gasteiger partial charge in [0.1, 0.15) is 0 Å². The third kappa shape index (κ3) is 5.01. The van der Waals surface area contributed by atoms with Crippen molar-refractivity contribution in [2.24, 2.45) is 0 Å². The van der Waals surface area contributed by atoms with Gasteiger partial charge in [0.25, 0.3) is 5.69 Å². The van der Waals surface area contributed by atoms with Crippen molar-refractivity contribution in [3.63, 3.8) is 0 Å². The number of anilines is 1. The summed E-state index contributed by atoms with van der Waals surface area (Å²) < 4.78 is 5.37. The topological polar surface area (TPSA) is 79.7 Å². The summed E-state index contributed by atoms with van der Waals surface area (Å²) in [6.45, 7) is 8.12. The highest BCUT2D eigenvalue weighted by Crippen LogP contribution is 2.26. The lowest BCUT2D eigenvalue weighted by molar-refractivity contribution is -0.384. The van der Waals surface area contributed by atoms with Gasteiger partial charge in [0.05, 0.1) is 28.8 Å². The van der Waals surface area contributed by atoms with Crippen molar-refractivity contribution >= 4 is 40.3 Å². The fourth-order valence-corrected chi connectivity index (χ4v) is 2.81. The summed E-state index contributed by atoms with van der Waals surface area (Å²) in [5.74, 6) is 0. The molecular formula is C15H21ClN4O3S. The summed E-state index contributed by atoms with van der Waals surface area (Å²) >= 11 is 11.3. The minimum Gasteiger partial charge on any atom is -0.379 e. The van der Waals surface area contributed by atoms with E-state index in [1.54, 1.807) is 0 Å². The van der Waals surface area contributed by atoms with E-state index in [1.165, 1.54) is 18.2 Å². The number of hydrogen-bond donors (Lipinski definition) is 2. The number of morpholine rings is 1. The van der Waals surface area contributed by atoms with Crippen molar-refractivity contribution in [2.45, 2.75) is 19.4 Å². The molecule has 0 atom stereocenters. The molecule has 2 N–H and O–H groups in total. The Hall–Kier alpha value is -1.48. The van der Waals surface area contributed by atoms with Crippen LogP contribution >= 0.6 is 23.8 Å². The Kier molecular flexibility index (Phi) is 6.34. The van der Waals surface area contributed by atoms with Gasteiger partial charge in [-0.1, -0.05) is 11.6 Å². The second-order valence-electron chi connectivity index (χ2n) is 6.14. The van der Waals surface area contributed by atoms with E-state index >= 15 is 0 Å². The molecule has 0 saturated carbocycles. The zero-order valence-corrected chi connectivity index (χ0v) is 15.2. The van der Waals surface area contributed by atoms with Gasteiger partial charge < -0.3 is 15.4 Å². The maximum Gasteiger partial charge on any atom is 0.271 e. The fraction of sp³-hybridized carbons (Fsp3) is 0.533. The lowest BCUT2D eigenvalue weighted by atomic mass is 10.0.